The molecule has 3 atom stereocenters. The van der Waals surface area contributed by atoms with Gasteiger partial charge >= 0.3 is 0 Å². The number of methoxy groups -OCH3 is 1. The van der Waals surface area contributed by atoms with Gasteiger partial charge in [0.2, 0.25) is 15.9 Å². The summed E-state index contributed by atoms with van der Waals surface area (Å²) in [5.74, 6) is -0.191. The monoisotopic (exact) mass is 553 g/mol. The first-order valence-corrected chi connectivity index (χ1v) is 14.3. The first-order chi connectivity index (χ1) is 18.6. The molecule has 1 aliphatic rings. The third kappa shape index (κ3) is 5.93. The molecule has 1 N–H and O–H groups in total. The van der Waals surface area contributed by atoms with Crippen LogP contribution in [0.4, 0.5) is 0 Å². The number of para-hydroxylation sites is 1. The van der Waals surface area contributed by atoms with Crippen molar-refractivity contribution in [3.63, 3.8) is 0 Å². The van der Waals surface area contributed by atoms with Crippen molar-refractivity contribution in [2.45, 2.75) is 37.8 Å². The molecule has 2 heterocycles. The molecule has 0 fully saturated rings. The van der Waals surface area contributed by atoms with Crippen LogP contribution in [0.1, 0.15) is 29.8 Å². The SMILES string of the molecule is COc1ccccc1S(=O)(=O)N(C)C[C@H]1Oc2ncc(-c3ccc(C)cc3)cc2C(=O)N([C@@H](C)CO)C[C@@H]1C. The van der Waals surface area contributed by atoms with Gasteiger partial charge in [0.15, 0.2) is 0 Å². The maximum atomic E-state index is 13.7. The third-order valence-corrected chi connectivity index (χ3v) is 8.96. The van der Waals surface area contributed by atoms with Crippen molar-refractivity contribution in [3.8, 4) is 22.8 Å². The van der Waals surface area contributed by atoms with Gasteiger partial charge in [0.1, 0.15) is 22.3 Å². The lowest BCUT2D eigenvalue weighted by Crippen LogP contribution is -2.50. The van der Waals surface area contributed by atoms with Crippen LogP contribution in [0, 0.1) is 12.8 Å². The van der Waals surface area contributed by atoms with E-state index in [9.17, 15) is 18.3 Å². The molecule has 208 valence electrons. The number of nitrogens with zero attached hydrogens (tertiary/aromatic N) is 3. The highest BCUT2D eigenvalue weighted by Crippen LogP contribution is 2.32. The molecular weight excluding hydrogens is 518 g/mol. The molecule has 0 spiro atoms. The predicted octanol–water partition coefficient (Wildman–Crippen LogP) is 3.61. The number of aryl methyl sites for hydroxylation is 1. The number of aliphatic hydroxyl groups is 1. The number of sulfonamides is 1. The lowest BCUT2D eigenvalue weighted by Gasteiger charge is -2.37. The Morgan fingerprint density at radius 1 is 1.18 bits per heavy atom. The molecule has 0 unspecified atom stereocenters. The Bertz CT molecular complexity index is 1430. The van der Waals surface area contributed by atoms with Crippen LogP contribution in [-0.2, 0) is 10.0 Å². The minimum absolute atomic E-state index is 0.0118. The van der Waals surface area contributed by atoms with E-state index >= 15 is 0 Å². The number of aromatic nitrogens is 1. The van der Waals surface area contributed by atoms with Gasteiger partial charge in [0, 0.05) is 31.3 Å². The molecular formula is C29H35N3O6S. The van der Waals surface area contributed by atoms with Crippen LogP contribution in [0.25, 0.3) is 11.1 Å². The molecule has 4 rings (SSSR count). The van der Waals surface area contributed by atoms with Crippen molar-refractivity contribution in [3.05, 3.63) is 71.9 Å². The van der Waals surface area contributed by atoms with Gasteiger partial charge in [-0.25, -0.2) is 13.4 Å². The smallest absolute Gasteiger partial charge is 0.259 e. The predicted molar refractivity (Wildman–Crippen MR) is 148 cm³/mol. The Morgan fingerprint density at radius 2 is 1.87 bits per heavy atom. The zero-order valence-corrected chi connectivity index (χ0v) is 23.7. The Hall–Kier alpha value is -3.47. The first-order valence-electron chi connectivity index (χ1n) is 12.8. The Kier molecular flexibility index (Phi) is 8.58. The molecule has 0 saturated heterocycles. The minimum atomic E-state index is -3.91. The number of rotatable bonds is 8. The van der Waals surface area contributed by atoms with Crippen LogP contribution in [0.3, 0.4) is 0 Å². The van der Waals surface area contributed by atoms with Crippen LogP contribution < -0.4 is 9.47 Å². The quantitative estimate of drug-likeness (QED) is 0.454. The summed E-state index contributed by atoms with van der Waals surface area (Å²) in [4.78, 5) is 19.9. The number of carbonyl (C=O) groups excluding carboxylic acids is 1. The van der Waals surface area contributed by atoms with E-state index < -0.39 is 22.2 Å². The lowest BCUT2D eigenvalue weighted by molar-refractivity contribution is 0.0373. The second-order valence-corrected chi connectivity index (χ2v) is 12.0. The Morgan fingerprint density at radius 3 is 2.54 bits per heavy atom. The maximum absolute atomic E-state index is 13.7. The van der Waals surface area contributed by atoms with Gasteiger partial charge in [0.05, 0.1) is 26.3 Å². The number of amides is 1. The molecule has 1 amide bonds. The van der Waals surface area contributed by atoms with E-state index in [1.165, 1.54) is 24.5 Å². The molecule has 0 bridgehead atoms. The number of aliphatic hydroxyl groups excluding tert-OH is 1. The van der Waals surface area contributed by atoms with Crippen LogP contribution in [0.5, 0.6) is 11.6 Å². The van der Waals surface area contributed by atoms with Gasteiger partial charge in [-0.05, 0) is 37.6 Å². The highest BCUT2D eigenvalue weighted by Gasteiger charge is 2.36. The normalized spacial score (nSPS) is 18.6. The summed E-state index contributed by atoms with van der Waals surface area (Å²) in [6, 6.07) is 15.6. The Balaban J connectivity index is 1.71. The number of carbonyl (C=O) groups is 1. The fraction of sp³-hybridized carbons (Fsp3) is 0.379. The molecule has 39 heavy (non-hydrogen) atoms. The highest BCUT2D eigenvalue weighted by atomic mass is 32.2. The van der Waals surface area contributed by atoms with Crippen LogP contribution in [-0.4, -0.2) is 79.6 Å². The average Bonchev–Trinajstić information content (AvgIpc) is 2.94. The van der Waals surface area contributed by atoms with Crippen molar-refractivity contribution in [2.75, 3.05) is 33.9 Å². The summed E-state index contributed by atoms with van der Waals surface area (Å²) >= 11 is 0. The summed E-state index contributed by atoms with van der Waals surface area (Å²) in [6.07, 6.45) is 1.02. The summed E-state index contributed by atoms with van der Waals surface area (Å²) in [5.41, 5.74) is 3.04. The summed E-state index contributed by atoms with van der Waals surface area (Å²) in [6.45, 7) is 5.73. The van der Waals surface area contributed by atoms with E-state index in [1.807, 2.05) is 38.1 Å². The number of benzene rings is 2. The summed E-state index contributed by atoms with van der Waals surface area (Å²) in [7, 11) is -0.990. The van der Waals surface area contributed by atoms with Crippen LogP contribution in [0.2, 0.25) is 0 Å². The Labute approximate surface area is 230 Å². The van der Waals surface area contributed by atoms with E-state index in [0.717, 1.165) is 16.7 Å². The third-order valence-electron chi connectivity index (χ3n) is 7.10. The summed E-state index contributed by atoms with van der Waals surface area (Å²) in [5, 5.41) is 9.91. The summed E-state index contributed by atoms with van der Waals surface area (Å²) < 4.78 is 39.7. The van der Waals surface area contributed by atoms with Crippen molar-refractivity contribution in [2.24, 2.45) is 5.92 Å². The van der Waals surface area contributed by atoms with E-state index in [2.05, 4.69) is 4.98 Å². The fourth-order valence-electron chi connectivity index (χ4n) is 4.58. The lowest BCUT2D eigenvalue weighted by atomic mass is 9.99. The fourth-order valence-corrected chi connectivity index (χ4v) is 5.91. The molecule has 0 radical (unpaired) electrons. The van der Waals surface area contributed by atoms with E-state index in [4.69, 9.17) is 9.47 Å². The van der Waals surface area contributed by atoms with Gasteiger partial charge in [-0.2, -0.15) is 4.31 Å². The zero-order valence-electron chi connectivity index (χ0n) is 22.9. The topological polar surface area (TPSA) is 109 Å². The zero-order chi connectivity index (χ0) is 28.3. The van der Waals surface area contributed by atoms with E-state index in [0.29, 0.717) is 0 Å². The van der Waals surface area contributed by atoms with Gasteiger partial charge in [0.25, 0.3) is 5.91 Å². The van der Waals surface area contributed by atoms with Gasteiger partial charge < -0.3 is 19.5 Å². The molecule has 9 nitrogen and oxygen atoms in total. The van der Waals surface area contributed by atoms with Crippen LogP contribution in [0.15, 0.2) is 65.7 Å². The van der Waals surface area contributed by atoms with Gasteiger partial charge in [-0.1, -0.05) is 48.9 Å². The molecule has 0 saturated carbocycles. The molecule has 3 aromatic rings. The standard InChI is InChI=1S/C29H35N3O6S/c1-19-10-12-22(13-11-19)23-14-24-28(30-15-23)38-26(20(2)16-32(29(24)34)21(3)18-33)17-31(4)39(35,36)27-9-7-6-8-25(27)37-5/h6-15,20-21,26,33H,16-18H2,1-5H3/t20-,21-,26+/m0/s1. The van der Waals surface area contributed by atoms with Crippen molar-refractivity contribution in [1.29, 1.82) is 0 Å². The largest absolute Gasteiger partial charge is 0.495 e. The number of likely N-dealkylation sites (N-methyl/N-ethyl adjacent to an activating group) is 1. The average molecular weight is 554 g/mol. The van der Waals surface area contributed by atoms with Crippen molar-refractivity contribution >= 4 is 15.9 Å². The number of hydrogen-bond donors (Lipinski definition) is 1. The highest BCUT2D eigenvalue weighted by molar-refractivity contribution is 7.89. The number of ether oxygens (including phenoxy) is 2. The number of fused-ring (bicyclic) bond motifs is 1. The van der Waals surface area contributed by atoms with Crippen LogP contribution >= 0.6 is 0 Å². The van der Waals surface area contributed by atoms with Crippen molar-refractivity contribution < 1.29 is 27.8 Å². The maximum Gasteiger partial charge on any atom is 0.259 e. The number of hydrogen-bond acceptors (Lipinski definition) is 7. The second-order valence-electron chi connectivity index (χ2n) is 10.0. The first kappa shape index (κ1) is 28.5. The van der Waals surface area contributed by atoms with E-state index in [-0.39, 0.29) is 53.6 Å². The molecule has 1 aromatic heterocycles. The van der Waals surface area contributed by atoms with E-state index in [1.54, 1.807) is 42.3 Å². The number of pyridine rings is 1. The van der Waals surface area contributed by atoms with Gasteiger partial charge in [-0.3, -0.25) is 4.79 Å². The van der Waals surface area contributed by atoms with Gasteiger partial charge in [-0.15, -0.1) is 0 Å². The molecule has 0 aliphatic carbocycles. The van der Waals surface area contributed by atoms with Crippen molar-refractivity contribution in [1.82, 2.24) is 14.2 Å². The molecule has 2 aromatic carbocycles. The minimum Gasteiger partial charge on any atom is -0.495 e. The molecule has 1 aliphatic heterocycles. The molecule has 10 heteroatoms. The second kappa shape index (κ2) is 11.7.